The quantitative estimate of drug-likeness (QED) is 0.837. The van der Waals surface area contributed by atoms with Crippen LogP contribution in [0.4, 0.5) is 5.69 Å². The Bertz CT molecular complexity index is 568. The van der Waals surface area contributed by atoms with E-state index in [-0.39, 0.29) is 17.4 Å². The molecular weight excluding hydrogens is 310 g/mol. The zero-order valence-electron chi connectivity index (χ0n) is 14.7. The molecule has 0 spiro atoms. The van der Waals surface area contributed by atoms with Crippen LogP contribution in [-0.2, 0) is 9.22 Å². The molecule has 127 valence electrons. The van der Waals surface area contributed by atoms with E-state index < -0.39 is 15.1 Å². The molecule has 0 fully saturated rings. The molecule has 1 amide bonds. The van der Waals surface area contributed by atoms with E-state index >= 15 is 0 Å². The predicted octanol–water partition coefficient (Wildman–Crippen LogP) is 3.47. The second-order valence-corrected chi connectivity index (χ2v) is 9.27. The number of hydrogen-bond acceptors (Lipinski definition) is 4. The number of carbonyl (C=O) groups is 1. The average Bonchev–Trinajstić information content (AvgIpc) is 2.43. The summed E-state index contributed by atoms with van der Waals surface area (Å²) in [4.78, 5) is 12.5. The van der Waals surface area contributed by atoms with Crippen LogP contribution in [0.5, 0.6) is 11.5 Å². The van der Waals surface area contributed by atoms with Gasteiger partial charge in [0.2, 0.25) is 15.1 Å². The Morgan fingerprint density at radius 2 is 2.04 bits per heavy atom. The van der Waals surface area contributed by atoms with Gasteiger partial charge in [-0.3, -0.25) is 4.79 Å². The number of carbonyl (C=O) groups excluding carboxylic acids is 1. The van der Waals surface area contributed by atoms with Gasteiger partial charge < -0.3 is 19.2 Å². The molecule has 1 aliphatic rings. The van der Waals surface area contributed by atoms with Gasteiger partial charge in [-0.25, -0.2) is 0 Å². The lowest BCUT2D eigenvalue weighted by Crippen LogP contribution is -2.49. The molecule has 1 heterocycles. The normalized spacial score (nSPS) is 18.9. The maximum atomic E-state index is 12.5. The lowest BCUT2D eigenvalue weighted by atomic mass is 9.87. The number of nitrogens with one attached hydrogen (secondary N) is 1. The molecule has 6 heteroatoms. The first-order valence-electron chi connectivity index (χ1n) is 7.82. The first-order valence-corrected chi connectivity index (χ1v) is 10.2. The minimum atomic E-state index is -0.944. The van der Waals surface area contributed by atoms with Crippen LogP contribution in [0.15, 0.2) is 18.2 Å². The van der Waals surface area contributed by atoms with Crippen LogP contribution >= 0.6 is 0 Å². The highest BCUT2D eigenvalue weighted by molar-refractivity contribution is 6.48. The molecule has 0 saturated heterocycles. The van der Waals surface area contributed by atoms with Crippen molar-refractivity contribution in [3.8, 4) is 11.5 Å². The molecule has 0 aromatic heterocycles. The molecule has 0 aliphatic carbocycles. The maximum Gasteiger partial charge on any atom is 0.268 e. The van der Waals surface area contributed by atoms with Crippen LogP contribution in [0.3, 0.4) is 0 Å². The molecule has 0 saturated carbocycles. The summed E-state index contributed by atoms with van der Waals surface area (Å²) in [5.41, 5.74) is 0.685. The molecule has 2 rings (SSSR count). The third kappa shape index (κ3) is 4.72. The molecular formula is C17H26NO4Si. The first-order chi connectivity index (χ1) is 10.7. The van der Waals surface area contributed by atoms with Crippen molar-refractivity contribution in [2.75, 3.05) is 12.4 Å². The number of benzene rings is 1. The average molecular weight is 336 g/mol. The van der Waals surface area contributed by atoms with Gasteiger partial charge in [0.25, 0.3) is 5.91 Å². The maximum absolute atomic E-state index is 12.5. The zero-order valence-corrected chi connectivity index (χ0v) is 15.7. The van der Waals surface area contributed by atoms with Crippen molar-refractivity contribution in [3.05, 3.63) is 18.2 Å². The molecule has 0 bridgehead atoms. The van der Waals surface area contributed by atoms with Crippen LogP contribution in [-0.4, -0.2) is 34.3 Å². The summed E-state index contributed by atoms with van der Waals surface area (Å²) in [6.07, 6.45) is -0.129. The van der Waals surface area contributed by atoms with Crippen molar-refractivity contribution < 1.29 is 18.7 Å². The molecule has 1 N–H and O–H groups in total. The van der Waals surface area contributed by atoms with E-state index in [2.05, 4.69) is 39.2 Å². The summed E-state index contributed by atoms with van der Waals surface area (Å²) >= 11 is 0. The van der Waals surface area contributed by atoms with Crippen LogP contribution in [0.2, 0.25) is 13.1 Å². The van der Waals surface area contributed by atoms with Gasteiger partial charge in [0.15, 0.2) is 0 Å². The Labute approximate surface area is 140 Å². The second-order valence-electron chi connectivity index (χ2n) is 7.22. The fourth-order valence-corrected chi connectivity index (χ4v) is 3.40. The fraction of sp³-hybridized carbons (Fsp3) is 0.588. The van der Waals surface area contributed by atoms with E-state index in [1.807, 2.05) is 12.1 Å². The molecule has 2 atom stereocenters. The molecule has 1 aromatic rings. The highest BCUT2D eigenvalue weighted by Crippen LogP contribution is 2.35. The van der Waals surface area contributed by atoms with Gasteiger partial charge in [-0.05, 0) is 37.1 Å². The minimum absolute atomic E-state index is 0.0474. The minimum Gasteiger partial charge on any atom is -0.497 e. The summed E-state index contributed by atoms with van der Waals surface area (Å²) in [6.45, 7) is 10.6. The van der Waals surface area contributed by atoms with E-state index in [1.54, 1.807) is 13.2 Å². The van der Waals surface area contributed by atoms with Gasteiger partial charge in [0.05, 0.1) is 18.9 Å². The fourth-order valence-electron chi connectivity index (χ4n) is 2.59. The van der Waals surface area contributed by atoms with E-state index in [4.69, 9.17) is 13.9 Å². The van der Waals surface area contributed by atoms with Crippen molar-refractivity contribution in [3.63, 3.8) is 0 Å². The number of ether oxygens (including phenoxy) is 2. The molecule has 2 unspecified atom stereocenters. The van der Waals surface area contributed by atoms with E-state index in [9.17, 15) is 4.79 Å². The summed E-state index contributed by atoms with van der Waals surface area (Å²) in [5.74, 6) is 1.17. The molecule has 1 aliphatic heterocycles. The van der Waals surface area contributed by atoms with Crippen LogP contribution in [0.25, 0.3) is 0 Å². The van der Waals surface area contributed by atoms with E-state index in [0.29, 0.717) is 17.2 Å². The van der Waals surface area contributed by atoms with Gasteiger partial charge in [-0.15, -0.1) is 0 Å². The predicted molar refractivity (Wildman–Crippen MR) is 92.5 cm³/mol. The number of rotatable bonds is 5. The van der Waals surface area contributed by atoms with E-state index in [0.717, 1.165) is 6.42 Å². The van der Waals surface area contributed by atoms with Crippen molar-refractivity contribution in [2.45, 2.75) is 52.5 Å². The zero-order chi connectivity index (χ0) is 17.2. The van der Waals surface area contributed by atoms with Crippen LogP contribution < -0.4 is 14.8 Å². The number of anilines is 1. The second kappa shape index (κ2) is 6.92. The highest BCUT2D eigenvalue weighted by Gasteiger charge is 2.38. The Balaban J connectivity index is 2.24. The summed E-state index contributed by atoms with van der Waals surface area (Å²) < 4.78 is 17.2. The third-order valence-electron chi connectivity index (χ3n) is 3.50. The van der Waals surface area contributed by atoms with E-state index in [1.165, 1.54) is 0 Å². The van der Waals surface area contributed by atoms with Crippen LogP contribution in [0.1, 0.15) is 27.2 Å². The lowest BCUT2D eigenvalue weighted by molar-refractivity contribution is -0.128. The number of fused-ring (bicyclic) bond motifs is 1. The van der Waals surface area contributed by atoms with Gasteiger partial charge in [-0.1, -0.05) is 20.8 Å². The van der Waals surface area contributed by atoms with Crippen molar-refractivity contribution in [1.82, 2.24) is 0 Å². The van der Waals surface area contributed by atoms with Crippen LogP contribution in [0, 0.1) is 5.41 Å². The Morgan fingerprint density at radius 1 is 1.35 bits per heavy atom. The Kier molecular flexibility index (Phi) is 5.36. The van der Waals surface area contributed by atoms with Gasteiger partial charge >= 0.3 is 0 Å². The van der Waals surface area contributed by atoms with Crippen molar-refractivity contribution >= 4 is 20.6 Å². The number of amides is 1. The topological polar surface area (TPSA) is 56.8 Å². The van der Waals surface area contributed by atoms with Crippen molar-refractivity contribution in [1.29, 1.82) is 0 Å². The summed E-state index contributed by atoms with van der Waals surface area (Å²) in [7, 11) is 0.649. The molecule has 1 aromatic carbocycles. The summed E-state index contributed by atoms with van der Waals surface area (Å²) in [6, 6.07) is 5.40. The lowest BCUT2D eigenvalue weighted by Gasteiger charge is -2.35. The Hall–Kier alpha value is -1.53. The monoisotopic (exact) mass is 336 g/mol. The molecule has 5 nitrogen and oxygen atoms in total. The van der Waals surface area contributed by atoms with Gasteiger partial charge in [0, 0.05) is 6.07 Å². The highest BCUT2D eigenvalue weighted by atomic mass is 28.3. The van der Waals surface area contributed by atoms with Gasteiger partial charge in [0.1, 0.15) is 11.5 Å². The largest absolute Gasteiger partial charge is 0.497 e. The first kappa shape index (κ1) is 17.8. The molecule has 1 radical (unpaired) electrons. The summed E-state index contributed by atoms with van der Waals surface area (Å²) in [5, 5.41) is 2.91. The smallest absolute Gasteiger partial charge is 0.268 e. The number of hydrogen-bond donors (Lipinski definition) is 1. The third-order valence-corrected chi connectivity index (χ3v) is 4.27. The number of methoxy groups -OCH3 is 1. The van der Waals surface area contributed by atoms with Crippen molar-refractivity contribution in [2.24, 2.45) is 5.41 Å². The van der Waals surface area contributed by atoms with Gasteiger partial charge in [-0.2, -0.15) is 0 Å². The Morgan fingerprint density at radius 3 is 2.61 bits per heavy atom. The SMILES string of the molecule is COc1ccc2c(c1)NC(=O)C(C(CC(C)(C)C)O[Si](C)C)O2. The standard InChI is InChI=1S/C17H26NO4Si/c1-17(2,3)10-14(22-23(5)6)15-16(19)18-12-9-11(20-4)7-8-13(12)21-15/h7-9,14-15H,10H2,1-6H3,(H,18,19). The molecule has 23 heavy (non-hydrogen) atoms.